The second-order valence-corrected chi connectivity index (χ2v) is 2.79. The Balaban J connectivity index is 3.79. The first-order valence-electron chi connectivity index (χ1n) is 4.06. The molecule has 0 radical (unpaired) electrons. The Morgan fingerprint density at radius 3 is 2.58 bits per heavy atom. The van der Waals surface area contributed by atoms with Crippen LogP contribution >= 0.6 is 0 Å². The Labute approximate surface area is 73.0 Å². The van der Waals surface area contributed by atoms with Crippen molar-refractivity contribution in [2.24, 2.45) is 0 Å². The van der Waals surface area contributed by atoms with Crippen molar-refractivity contribution < 1.29 is 14.6 Å². The molecular formula is C9H16O3. The number of aliphatic hydroxyl groups is 1. The van der Waals surface area contributed by atoms with E-state index in [2.05, 4.69) is 4.74 Å². The van der Waals surface area contributed by atoms with E-state index in [1.165, 1.54) is 0 Å². The molecule has 0 heterocycles. The van der Waals surface area contributed by atoms with Crippen molar-refractivity contribution in [3.05, 3.63) is 11.6 Å². The van der Waals surface area contributed by atoms with E-state index in [0.29, 0.717) is 13.0 Å². The molecule has 3 heteroatoms. The summed E-state index contributed by atoms with van der Waals surface area (Å²) < 4.78 is 4.62. The molecule has 1 unspecified atom stereocenters. The van der Waals surface area contributed by atoms with Gasteiger partial charge in [0.1, 0.15) is 0 Å². The van der Waals surface area contributed by atoms with Gasteiger partial charge >= 0.3 is 5.97 Å². The fourth-order valence-electron chi connectivity index (χ4n) is 0.682. The predicted molar refractivity (Wildman–Crippen MR) is 46.7 cm³/mol. The van der Waals surface area contributed by atoms with Crippen LogP contribution in [0.1, 0.15) is 27.2 Å². The normalized spacial score (nSPS) is 12.0. The molecule has 0 bridgehead atoms. The van der Waals surface area contributed by atoms with Crippen LogP contribution in [0.4, 0.5) is 0 Å². The first-order valence-corrected chi connectivity index (χ1v) is 4.06. The summed E-state index contributed by atoms with van der Waals surface area (Å²) in [4.78, 5) is 10.9. The summed E-state index contributed by atoms with van der Waals surface area (Å²) in [5, 5.41) is 9.18. The lowest BCUT2D eigenvalue weighted by Gasteiger charge is -2.06. The highest BCUT2D eigenvalue weighted by Crippen LogP contribution is 2.00. The van der Waals surface area contributed by atoms with Crippen LogP contribution in [0.15, 0.2) is 11.6 Å². The van der Waals surface area contributed by atoms with Gasteiger partial charge in [-0.3, -0.25) is 0 Å². The van der Waals surface area contributed by atoms with E-state index in [-0.39, 0.29) is 0 Å². The molecule has 0 saturated heterocycles. The lowest BCUT2D eigenvalue weighted by Crippen LogP contribution is -2.22. The summed E-state index contributed by atoms with van der Waals surface area (Å²) in [5.74, 6) is -0.546. The topological polar surface area (TPSA) is 46.5 Å². The minimum Gasteiger partial charge on any atom is -0.464 e. The second-order valence-electron chi connectivity index (χ2n) is 2.79. The fraction of sp³-hybridized carbons (Fsp3) is 0.667. The van der Waals surface area contributed by atoms with Gasteiger partial charge in [0.15, 0.2) is 6.10 Å². The maximum Gasteiger partial charge on any atom is 0.335 e. The van der Waals surface area contributed by atoms with Crippen LogP contribution in [-0.2, 0) is 9.53 Å². The smallest absolute Gasteiger partial charge is 0.335 e. The summed E-state index contributed by atoms with van der Waals surface area (Å²) in [6, 6.07) is 0. The van der Waals surface area contributed by atoms with E-state index in [1.807, 2.05) is 19.9 Å². The molecule has 70 valence electrons. The molecular weight excluding hydrogens is 156 g/mol. The molecule has 0 aliphatic carbocycles. The van der Waals surface area contributed by atoms with Gasteiger partial charge in [-0.25, -0.2) is 4.79 Å². The zero-order chi connectivity index (χ0) is 9.56. The first kappa shape index (κ1) is 11.2. The molecule has 0 spiro atoms. The maximum atomic E-state index is 10.9. The van der Waals surface area contributed by atoms with Gasteiger partial charge in [0.2, 0.25) is 0 Å². The predicted octanol–water partition coefficient (Wildman–Crippen LogP) is 1.27. The van der Waals surface area contributed by atoms with E-state index in [0.717, 1.165) is 5.57 Å². The number of hydrogen-bond donors (Lipinski definition) is 1. The van der Waals surface area contributed by atoms with E-state index in [4.69, 9.17) is 0 Å². The molecule has 1 N–H and O–H groups in total. The largest absolute Gasteiger partial charge is 0.464 e. The minimum atomic E-state index is -1.01. The molecule has 0 amide bonds. The number of carbonyl (C=O) groups is 1. The molecule has 1 atom stereocenters. The van der Waals surface area contributed by atoms with Gasteiger partial charge in [-0.1, -0.05) is 11.6 Å². The Morgan fingerprint density at radius 1 is 1.58 bits per heavy atom. The third kappa shape index (κ3) is 4.91. The molecule has 0 aromatic rings. The first-order chi connectivity index (χ1) is 5.57. The average molecular weight is 172 g/mol. The van der Waals surface area contributed by atoms with Crippen molar-refractivity contribution >= 4 is 5.97 Å². The summed E-state index contributed by atoms with van der Waals surface area (Å²) in [5.41, 5.74) is 1.08. The van der Waals surface area contributed by atoms with Crippen molar-refractivity contribution in [2.75, 3.05) is 6.61 Å². The number of rotatable bonds is 4. The van der Waals surface area contributed by atoms with Crippen LogP contribution in [0.3, 0.4) is 0 Å². The summed E-state index contributed by atoms with van der Waals surface area (Å²) >= 11 is 0. The Kier molecular flexibility index (Phi) is 5.37. The number of ether oxygens (including phenoxy) is 1. The summed E-state index contributed by atoms with van der Waals surface area (Å²) in [7, 11) is 0. The van der Waals surface area contributed by atoms with Crippen molar-refractivity contribution in [3.63, 3.8) is 0 Å². The zero-order valence-corrected chi connectivity index (χ0v) is 7.83. The minimum absolute atomic E-state index is 0.310. The molecule has 0 aromatic heterocycles. The van der Waals surface area contributed by atoms with E-state index < -0.39 is 12.1 Å². The third-order valence-electron chi connectivity index (χ3n) is 1.31. The molecule has 0 aliphatic heterocycles. The molecule has 0 rings (SSSR count). The van der Waals surface area contributed by atoms with Gasteiger partial charge in [-0.2, -0.15) is 0 Å². The van der Waals surface area contributed by atoms with Crippen LogP contribution in [-0.4, -0.2) is 23.8 Å². The van der Waals surface area contributed by atoms with Gasteiger partial charge in [0.25, 0.3) is 0 Å². The van der Waals surface area contributed by atoms with Crippen molar-refractivity contribution in [3.8, 4) is 0 Å². The molecule has 12 heavy (non-hydrogen) atoms. The third-order valence-corrected chi connectivity index (χ3v) is 1.31. The SMILES string of the molecule is CCOC(=O)C(O)CC=C(C)C. The highest BCUT2D eigenvalue weighted by atomic mass is 16.5. The van der Waals surface area contributed by atoms with Gasteiger partial charge < -0.3 is 9.84 Å². The fourth-order valence-corrected chi connectivity index (χ4v) is 0.682. The summed E-state index contributed by atoms with van der Waals surface area (Å²) in [6.07, 6.45) is 1.13. The van der Waals surface area contributed by atoms with Gasteiger partial charge in [-0.05, 0) is 20.8 Å². The van der Waals surface area contributed by atoms with Gasteiger partial charge in [0.05, 0.1) is 6.61 Å². The van der Waals surface area contributed by atoms with E-state index >= 15 is 0 Å². The average Bonchev–Trinajstić information content (AvgIpc) is 2.00. The van der Waals surface area contributed by atoms with Crippen molar-refractivity contribution in [1.82, 2.24) is 0 Å². The number of esters is 1. The maximum absolute atomic E-state index is 10.9. The highest BCUT2D eigenvalue weighted by Gasteiger charge is 2.13. The highest BCUT2D eigenvalue weighted by molar-refractivity contribution is 5.74. The van der Waals surface area contributed by atoms with Gasteiger partial charge in [-0.15, -0.1) is 0 Å². The number of allylic oxidation sites excluding steroid dienone is 1. The molecule has 0 fully saturated rings. The van der Waals surface area contributed by atoms with Crippen molar-refractivity contribution in [1.29, 1.82) is 0 Å². The lowest BCUT2D eigenvalue weighted by molar-refractivity contribution is -0.152. The van der Waals surface area contributed by atoms with Crippen LogP contribution in [0.25, 0.3) is 0 Å². The van der Waals surface area contributed by atoms with Crippen LogP contribution in [0.5, 0.6) is 0 Å². The van der Waals surface area contributed by atoms with Crippen LogP contribution in [0, 0.1) is 0 Å². The number of hydrogen-bond acceptors (Lipinski definition) is 3. The Bertz CT molecular complexity index is 169. The molecule has 0 aliphatic rings. The zero-order valence-electron chi connectivity index (χ0n) is 7.83. The monoisotopic (exact) mass is 172 g/mol. The second kappa shape index (κ2) is 5.77. The van der Waals surface area contributed by atoms with E-state index in [9.17, 15) is 9.90 Å². The van der Waals surface area contributed by atoms with Crippen molar-refractivity contribution in [2.45, 2.75) is 33.3 Å². The standard InChI is InChI=1S/C9H16O3/c1-4-12-9(11)8(10)6-5-7(2)3/h5,8,10H,4,6H2,1-3H3. The Hall–Kier alpha value is -0.830. The van der Waals surface area contributed by atoms with Gasteiger partial charge in [0, 0.05) is 6.42 Å². The number of aliphatic hydroxyl groups excluding tert-OH is 1. The quantitative estimate of drug-likeness (QED) is 0.513. The van der Waals surface area contributed by atoms with E-state index in [1.54, 1.807) is 6.92 Å². The Morgan fingerprint density at radius 2 is 2.17 bits per heavy atom. The molecule has 0 aromatic carbocycles. The summed E-state index contributed by atoms with van der Waals surface area (Å²) in [6.45, 7) is 5.85. The number of carbonyl (C=O) groups excluding carboxylic acids is 1. The van der Waals surface area contributed by atoms with Crippen LogP contribution < -0.4 is 0 Å². The molecule has 3 nitrogen and oxygen atoms in total. The van der Waals surface area contributed by atoms with Crippen LogP contribution in [0.2, 0.25) is 0 Å². The molecule has 0 saturated carbocycles. The lowest BCUT2D eigenvalue weighted by atomic mass is 10.2.